The Bertz CT molecular complexity index is 1330. The molecule has 4 aliphatic rings. The van der Waals surface area contributed by atoms with E-state index in [1.54, 1.807) is 12.0 Å². The minimum Gasteiger partial charge on any atom is -0.383 e. The first-order valence-corrected chi connectivity index (χ1v) is 16.2. The van der Waals surface area contributed by atoms with E-state index < -0.39 is 41.8 Å². The highest BCUT2D eigenvalue weighted by atomic mass is 16.5. The van der Waals surface area contributed by atoms with Crippen molar-refractivity contribution in [3.63, 3.8) is 0 Å². The van der Waals surface area contributed by atoms with Gasteiger partial charge in [-0.1, -0.05) is 71.7 Å². The number of urea groups is 1. The van der Waals surface area contributed by atoms with Gasteiger partial charge < -0.3 is 31.3 Å². The average Bonchev–Trinajstić information content (AvgIpc) is 3.72. The van der Waals surface area contributed by atoms with Crippen LogP contribution < -0.4 is 21.7 Å². The van der Waals surface area contributed by atoms with Crippen LogP contribution in [-0.4, -0.2) is 78.9 Å². The first-order chi connectivity index (χ1) is 21.1. The number of primary amides is 1. The Hall–Kier alpha value is -3.47. The van der Waals surface area contributed by atoms with E-state index in [2.05, 4.69) is 29.8 Å². The molecule has 1 heterocycles. The van der Waals surface area contributed by atoms with E-state index in [1.807, 2.05) is 45.0 Å². The van der Waals surface area contributed by atoms with Crippen molar-refractivity contribution in [3.8, 4) is 0 Å². The molecule has 1 aliphatic heterocycles. The lowest BCUT2D eigenvalue weighted by atomic mass is 9.87. The highest BCUT2D eigenvalue weighted by Crippen LogP contribution is 2.65. The Morgan fingerprint density at radius 2 is 1.64 bits per heavy atom. The second-order valence-electron chi connectivity index (χ2n) is 15.3. The fourth-order valence-electron chi connectivity index (χ4n) is 7.56. The summed E-state index contributed by atoms with van der Waals surface area (Å²) in [7, 11) is 1.58. The number of nitrogens with two attached hydrogens (primary N) is 1. The number of Topliss-reactive ketones (excluding diaryl/α,β-unsaturated/α-hetero) is 1. The maximum Gasteiger partial charge on any atom is 0.315 e. The number of likely N-dealkylation sites (tertiary alicyclic amines) is 1. The summed E-state index contributed by atoms with van der Waals surface area (Å²) in [5, 5.41) is 8.83. The molecular weight excluding hydrogens is 574 g/mol. The predicted molar refractivity (Wildman–Crippen MR) is 168 cm³/mol. The molecule has 5 amide bonds. The quantitative estimate of drug-likeness (QED) is 0.261. The van der Waals surface area contributed by atoms with Gasteiger partial charge in [0.25, 0.3) is 5.91 Å². The van der Waals surface area contributed by atoms with Crippen molar-refractivity contribution < 1.29 is 28.7 Å². The molecule has 246 valence electrons. The topological polar surface area (TPSA) is 160 Å². The lowest BCUT2D eigenvalue weighted by Crippen LogP contribution is -2.61. The highest BCUT2D eigenvalue weighted by molar-refractivity contribution is 6.37. The van der Waals surface area contributed by atoms with E-state index in [-0.39, 0.29) is 46.5 Å². The van der Waals surface area contributed by atoms with Gasteiger partial charge in [-0.15, -0.1) is 0 Å². The standard InChI is InChI=1S/C34H49N5O6/c1-33(2,3)24(17-45-6)37-32(44)38-26(21-14-19-9-7-8-10-20(19)15-21)31(43)39-16-22-25(34(22,4)5)27(39)30(42)36-23(13-18-11-12-18)28(40)29(35)41/h7-10,18,21-27H,11-17H2,1-6H3,(H2,35,41)(H,36,42)(H2,37,38,44)/t22?,23?,24?,25?,26-,27-/m0/s1. The molecule has 45 heavy (non-hydrogen) atoms. The van der Waals surface area contributed by atoms with Crippen molar-refractivity contribution >= 4 is 29.5 Å². The molecule has 0 spiro atoms. The van der Waals surface area contributed by atoms with Crippen LogP contribution in [0.1, 0.15) is 65.0 Å². The van der Waals surface area contributed by atoms with Crippen molar-refractivity contribution in [1.82, 2.24) is 20.9 Å². The van der Waals surface area contributed by atoms with Gasteiger partial charge >= 0.3 is 6.03 Å². The molecule has 3 aliphatic carbocycles. The third-order valence-electron chi connectivity index (χ3n) is 10.7. The summed E-state index contributed by atoms with van der Waals surface area (Å²) in [5.74, 6) is -2.61. The summed E-state index contributed by atoms with van der Waals surface area (Å²) in [6, 6.07) is 4.54. The molecule has 4 unspecified atom stereocenters. The third kappa shape index (κ3) is 6.88. The number of rotatable bonds is 12. The number of carbonyl (C=O) groups is 5. The number of amides is 5. The molecule has 1 aromatic rings. The van der Waals surface area contributed by atoms with Gasteiger partial charge in [0.05, 0.1) is 18.7 Å². The number of carbonyl (C=O) groups excluding carboxylic acids is 5. The molecular formula is C34H49N5O6. The number of piperidine rings is 1. The van der Waals surface area contributed by atoms with E-state index in [4.69, 9.17) is 10.5 Å². The second-order valence-corrected chi connectivity index (χ2v) is 15.3. The van der Waals surface area contributed by atoms with Crippen molar-refractivity contribution in [3.05, 3.63) is 35.4 Å². The summed E-state index contributed by atoms with van der Waals surface area (Å²) >= 11 is 0. The summed E-state index contributed by atoms with van der Waals surface area (Å²) in [5.41, 5.74) is 7.16. The zero-order valence-corrected chi connectivity index (χ0v) is 27.4. The molecule has 2 saturated carbocycles. The van der Waals surface area contributed by atoms with Crippen molar-refractivity contribution in [2.45, 2.75) is 90.9 Å². The Kier molecular flexibility index (Phi) is 9.05. The van der Waals surface area contributed by atoms with E-state index in [0.717, 1.165) is 24.0 Å². The number of methoxy groups -OCH3 is 1. The van der Waals surface area contributed by atoms with Gasteiger partial charge in [0.1, 0.15) is 12.1 Å². The van der Waals surface area contributed by atoms with Crippen LogP contribution in [0, 0.1) is 34.5 Å². The van der Waals surface area contributed by atoms with Gasteiger partial charge in [-0.2, -0.15) is 0 Å². The first-order valence-electron chi connectivity index (χ1n) is 16.2. The molecule has 1 saturated heterocycles. The summed E-state index contributed by atoms with van der Waals surface area (Å²) in [6.45, 7) is 10.9. The van der Waals surface area contributed by atoms with Crippen LogP contribution >= 0.6 is 0 Å². The van der Waals surface area contributed by atoms with Crippen molar-refractivity contribution in [1.29, 1.82) is 0 Å². The van der Waals surface area contributed by atoms with Crippen LogP contribution in [0.5, 0.6) is 0 Å². The number of ketones is 1. The Labute approximate surface area is 265 Å². The van der Waals surface area contributed by atoms with Crippen LogP contribution in [0.25, 0.3) is 0 Å². The van der Waals surface area contributed by atoms with Crippen LogP contribution in [0.4, 0.5) is 4.79 Å². The number of benzene rings is 1. The molecule has 1 aromatic carbocycles. The number of hydrogen-bond acceptors (Lipinski definition) is 6. The van der Waals surface area contributed by atoms with Crippen LogP contribution in [0.15, 0.2) is 24.3 Å². The van der Waals surface area contributed by atoms with Gasteiger partial charge in [-0.25, -0.2) is 4.79 Å². The first kappa shape index (κ1) is 32.9. The lowest BCUT2D eigenvalue weighted by Gasteiger charge is -2.36. The fourth-order valence-corrected chi connectivity index (χ4v) is 7.56. The summed E-state index contributed by atoms with van der Waals surface area (Å²) in [6.07, 6.45) is 3.46. The second kappa shape index (κ2) is 12.4. The smallest absolute Gasteiger partial charge is 0.315 e. The zero-order chi connectivity index (χ0) is 32.8. The number of fused-ring (bicyclic) bond motifs is 2. The van der Waals surface area contributed by atoms with E-state index in [0.29, 0.717) is 32.4 Å². The molecule has 0 aromatic heterocycles. The minimum absolute atomic E-state index is 0.103. The largest absolute Gasteiger partial charge is 0.383 e. The maximum absolute atomic E-state index is 14.6. The molecule has 5 N–H and O–H groups in total. The molecule has 11 heteroatoms. The normalized spacial score (nSPS) is 25.4. The van der Waals surface area contributed by atoms with Crippen LogP contribution in [-0.2, 0) is 36.8 Å². The molecule has 0 bridgehead atoms. The van der Waals surface area contributed by atoms with E-state index in [9.17, 15) is 24.0 Å². The zero-order valence-electron chi connectivity index (χ0n) is 27.4. The Balaban J connectivity index is 1.40. The molecule has 3 fully saturated rings. The highest BCUT2D eigenvalue weighted by Gasteiger charge is 2.70. The molecule has 5 rings (SSSR count). The van der Waals surface area contributed by atoms with Gasteiger partial charge in [0.2, 0.25) is 17.6 Å². The Morgan fingerprint density at radius 3 is 2.18 bits per heavy atom. The van der Waals surface area contributed by atoms with Crippen LogP contribution in [0.2, 0.25) is 0 Å². The van der Waals surface area contributed by atoms with Crippen molar-refractivity contribution in [2.24, 2.45) is 40.2 Å². The van der Waals surface area contributed by atoms with E-state index >= 15 is 0 Å². The molecule has 0 radical (unpaired) electrons. The van der Waals surface area contributed by atoms with E-state index in [1.165, 1.54) is 0 Å². The summed E-state index contributed by atoms with van der Waals surface area (Å²) < 4.78 is 5.36. The third-order valence-corrected chi connectivity index (χ3v) is 10.7. The van der Waals surface area contributed by atoms with Gasteiger partial charge in [-0.3, -0.25) is 19.2 Å². The van der Waals surface area contributed by atoms with Gasteiger partial charge in [0.15, 0.2) is 0 Å². The molecule has 11 nitrogen and oxygen atoms in total. The average molecular weight is 624 g/mol. The van der Waals surface area contributed by atoms with Crippen LogP contribution in [0.3, 0.4) is 0 Å². The van der Waals surface area contributed by atoms with Gasteiger partial charge in [0, 0.05) is 13.7 Å². The predicted octanol–water partition coefficient (Wildman–Crippen LogP) is 1.95. The SMILES string of the molecule is COCC(NC(=O)N[C@H](C(=O)N1CC2C([C@H]1C(=O)NC(CC1CC1)C(=O)C(N)=O)C2(C)C)C1Cc2ccccc2C1)C(C)(C)C. The number of nitrogens with one attached hydrogen (secondary N) is 3. The maximum atomic E-state index is 14.6. The van der Waals surface area contributed by atoms with Gasteiger partial charge in [-0.05, 0) is 64.9 Å². The number of nitrogens with zero attached hydrogens (tertiary/aromatic N) is 1. The number of hydrogen-bond donors (Lipinski definition) is 4. The van der Waals surface area contributed by atoms with Crippen molar-refractivity contribution in [2.75, 3.05) is 20.3 Å². The Morgan fingerprint density at radius 1 is 1.02 bits per heavy atom. The lowest BCUT2D eigenvalue weighted by molar-refractivity contribution is -0.144. The monoisotopic (exact) mass is 623 g/mol. The fraction of sp³-hybridized carbons (Fsp3) is 0.676. The molecule has 6 atom stereocenters. The summed E-state index contributed by atoms with van der Waals surface area (Å²) in [4.78, 5) is 68.1. The number of ether oxygens (including phenoxy) is 1. The minimum atomic E-state index is -1.08.